The Morgan fingerprint density at radius 3 is 2.23 bits per heavy atom. The second kappa shape index (κ2) is 11.1. The van der Waals surface area contributed by atoms with Gasteiger partial charge in [0, 0.05) is 29.6 Å². The van der Waals surface area contributed by atoms with Crippen LogP contribution in [0.5, 0.6) is 0 Å². The Labute approximate surface area is 158 Å². The Balaban J connectivity index is 0.00000117. The second-order valence-electron chi connectivity index (χ2n) is 6.05. The molecule has 3 rings (SSSR count). The zero-order valence-corrected chi connectivity index (χ0v) is 16.3. The minimum absolute atomic E-state index is 1.06. The van der Waals surface area contributed by atoms with E-state index in [1.807, 2.05) is 26.0 Å². The third-order valence-corrected chi connectivity index (χ3v) is 4.39. The molecule has 0 radical (unpaired) electrons. The van der Waals surface area contributed by atoms with Crippen molar-refractivity contribution in [2.75, 3.05) is 5.32 Å². The maximum atomic E-state index is 3.44. The van der Waals surface area contributed by atoms with Crippen molar-refractivity contribution in [2.45, 2.75) is 46.5 Å². The molecule has 0 aromatic heterocycles. The average Bonchev–Trinajstić information content (AvgIpc) is 2.73. The number of allylic oxidation sites excluding steroid dienone is 3. The van der Waals surface area contributed by atoms with Crippen molar-refractivity contribution in [3.63, 3.8) is 0 Å². The van der Waals surface area contributed by atoms with Crippen LogP contribution in [0, 0.1) is 0 Å². The summed E-state index contributed by atoms with van der Waals surface area (Å²) in [6.07, 6.45) is 8.92. The van der Waals surface area contributed by atoms with Gasteiger partial charge in [-0.05, 0) is 49.0 Å². The van der Waals surface area contributed by atoms with Crippen LogP contribution >= 0.6 is 0 Å². The molecule has 0 fully saturated rings. The molecule has 0 amide bonds. The molecule has 0 spiro atoms. The summed E-state index contributed by atoms with van der Waals surface area (Å²) in [5.74, 6) is 0. The summed E-state index contributed by atoms with van der Waals surface area (Å²) in [5, 5.41) is 3.44. The van der Waals surface area contributed by atoms with Crippen LogP contribution in [-0.2, 0) is 0 Å². The van der Waals surface area contributed by atoms with E-state index in [1.165, 1.54) is 23.1 Å². The third-order valence-electron chi connectivity index (χ3n) is 4.39. The maximum Gasteiger partial charge on any atom is 0.203 e. The van der Waals surface area contributed by atoms with Crippen molar-refractivity contribution in [3.05, 3.63) is 83.6 Å². The van der Waals surface area contributed by atoms with E-state index >= 15 is 0 Å². The summed E-state index contributed by atoms with van der Waals surface area (Å²) in [4.78, 5) is 3.44. The van der Waals surface area contributed by atoms with E-state index in [0.29, 0.717) is 0 Å². The van der Waals surface area contributed by atoms with Gasteiger partial charge >= 0.3 is 0 Å². The summed E-state index contributed by atoms with van der Waals surface area (Å²) >= 11 is 0. The molecule has 2 nitrogen and oxygen atoms in total. The quantitative estimate of drug-likeness (QED) is 0.698. The monoisotopic (exact) mass is 347 g/mol. The largest absolute Gasteiger partial charge is 0.361 e. The summed E-state index contributed by atoms with van der Waals surface area (Å²) in [5.41, 5.74) is 6.59. The van der Waals surface area contributed by atoms with Gasteiger partial charge in [-0.15, -0.1) is 0 Å². The van der Waals surface area contributed by atoms with Gasteiger partial charge in [-0.2, -0.15) is 0 Å². The summed E-state index contributed by atoms with van der Waals surface area (Å²) < 4.78 is 0. The van der Waals surface area contributed by atoms with Crippen LogP contribution in [0.1, 0.15) is 46.5 Å². The molecular weight excluding hydrogens is 316 g/mol. The normalized spacial score (nSPS) is 15.7. The fourth-order valence-electron chi connectivity index (χ4n) is 3.16. The number of hydrogen-bond acceptors (Lipinski definition) is 1. The van der Waals surface area contributed by atoms with Crippen molar-refractivity contribution in [1.29, 1.82) is 0 Å². The Bertz CT molecular complexity index is 740. The minimum Gasteiger partial charge on any atom is -0.361 e. The van der Waals surface area contributed by atoms with Crippen LogP contribution in [0.2, 0.25) is 0 Å². The highest BCUT2D eigenvalue weighted by Gasteiger charge is 2.16. The first-order valence-electron chi connectivity index (χ1n) is 9.74. The van der Waals surface area contributed by atoms with Crippen LogP contribution in [-0.4, -0.2) is 6.21 Å². The van der Waals surface area contributed by atoms with E-state index in [0.717, 1.165) is 30.6 Å². The number of benzene rings is 2. The van der Waals surface area contributed by atoms with E-state index in [9.17, 15) is 0 Å². The molecular formula is C24H31N2+. The van der Waals surface area contributed by atoms with Crippen molar-refractivity contribution in [1.82, 2.24) is 0 Å². The van der Waals surface area contributed by atoms with Crippen LogP contribution < -0.4 is 10.3 Å². The van der Waals surface area contributed by atoms with E-state index in [-0.39, 0.29) is 0 Å². The van der Waals surface area contributed by atoms with E-state index in [1.54, 1.807) is 0 Å². The molecule has 0 aliphatic heterocycles. The maximum absolute atomic E-state index is 3.44. The van der Waals surface area contributed by atoms with E-state index in [4.69, 9.17) is 0 Å². The number of rotatable bonds is 5. The van der Waals surface area contributed by atoms with Gasteiger partial charge in [-0.25, -0.2) is 4.99 Å². The first-order chi connectivity index (χ1) is 12.9. The molecule has 1 aliphatic rings. The van der Waals surface area contributed by atoms with Gasteiger partial charge in [0.15, 0.2) is 6.21 Å². The highest BCUT2D eigenvalue weighted by atomic mass is 14.8. The zero-order valence-electron chi connectivity index (χ0n) is 16.3. The van der Waals surface area contributed by atoms with Crippen molar-refractivity contribution < 1.29 is 4.99 Å². The lowest BCUT2D eigenvalue weighted by atomic mass is 9.87. The van der Waals surface area contributed by atoms with Crippen LogP contribution in [0.3, 0.4) is 0 Å². The summed E-state index contributed by atoms with van der Waals surface area (Å²) in [7, 11) is 0. The van der Waals surface area contributed by atoms with Crippen LogP contribution in [0.4, 0.5) is 11.4 Å². The molecule has 136 valence electrons. The number of para-hydroxylation sites is 2. The number of nitrogens with one attached hydrogen (secondary N) is 2. The van der Waals surface area contributed by atoms with Gasteiger partial charge in [0.2, 0.25) is 5.69 Å². The third kappa shape index (κ3) is 5.73. The van der Waals surface area contributed by atoms with Gasteiger partial charge in [0.1, 0.15) is 0 Å². The molecule has 26 heavy (non-hydrogen) atoms. The molecule has 0 saturated carbocycles. The van der Waals surface area contributed by atoms with Crippen molar-refractivity contribution in [2.24, 2.45) is 0 Å². The topological polar surface area (TPSA) is 26.0 Å². The highest BCUT2D eigenvalue weighted by Crippen LogP contribution is 2.30. The van der Waals surface area contributed by atoms with Gasteiger partial charge in [0.05, 0.1) is 0 Å². The smallest absolute Gasteiger partial charge is 0.203 e. The molecule has 0 heterocycles. The fourth-order valence-corrected chi connectivity index (χ4v) is 3.16. The van der Waals surface area contributed by atoms with Gasteiger partial charge in [-0.3, -0.25) is 0 Å². The molecule has 2 heteroatoms. The van der Waals surface area contributed by atoms with Crippen LogP contribution in [0.25, 0.3) is 0 Å². The molecule has 0 saturated heterocycles. The molecule has 0 bridgehead atoms. The van der Waals surface area contributed by atoms with Crippen molar-refractivity contribution >= 4 is 17.6 Å². The average molecular weight is 348 g/mol. The first kappa shape index (κ1) is 19.7. The minimum atomic E-state index is 1.06. The number of anilines is 1. The van der Waals surface area contributed by atoms with Gasteiger partial charge in [0.25, 0.3) is 0 Å². The standard InChI is InChI=1S/C22H24N2.C2H6/c1-2-22-18(16-23-20-12-5-3-6-13-20)10-9-11-19(22)17-24-21-14-7-4-8-15-21;1-2/h3-8,12-17,23H,2,9-11H2,1H3;1-2H3/p+1/b18-16+,24-17?;. The first-order valence-corrected chi connectivity index (χ1v) is 9.74. The van der Waals surface area contributed by atoms with E-state index in [2.05, 4.69) is 78.2 Å². The van der Waals surface area contributed by atoms with Crippen LogP contribution in [0.15, 0.2) is 83.6 Å². The Kier molecular flexibility index (Phi) is 8.41. The molecule has 0 unspecified atom stereocenters. The van der Waals surface area contributed by atoms with Gasteiger partial charge < -0.3 is 5.32 Å². The predicted molar refractivity (Wildman–Crippen MR) is 114 cm³/mol. The van der Waals surface area contributed by atoms with E-state index < -0.39 is 0 Å². The fraction of sp³-hybridized carbons (Fsp3) is 0.292. The molecule has 2 aromatic carbocycles. The van der Waals surface area contributed by atoms with Crippen molar-refractivity contribution in [3.8, 4) is 0 Å². The number of hydrogen-bond donors (Lipinski definition) is 2. The molecule has 2 aromatic rings. The Hall–Kier alpha value is -2.61. The molecule has 2 N–H and O–H groups in total. The molecule has 0 atom stereocenters. The Morgan fingerprint density at radius 2 is 1.58 bits per heavy atom. The van der Waals surface area contributed by atoms with Gasteiger partial charge in [-0.1, -0.05) is 57.2 Å². The lowest BCUT2D eigenvalue weighted by Gasteiger charge is -2.19. The predicted octanol–water partition coefficient (Wildman–Crippen LogP) is 5.38. The molecule has 1 aliphatic carbocycles. The lowest BCUT2D eigenvalue weighted by molar-refractivity contribution is -0.347. The summed E-state index contributed by atoms with van der Waals surface area (Å²) in [6.45, 7) is 6.24. The lowest BCUT2D eigenvalue weighted by Crippen LogP contribution is -2.61. The highest BCUT2D eigenvalue weighted by molar-refractivity contribution is 5.78. The SMILES string of the molecule is CC.CCC1=C(C=[NH+]c2ccccc2)CCC/C1=C\Nc1ccccc1. The summed E-state index contributed by atoms with van der Waals surface area (Å²) in [6, 6.07) is 20.7. The second-order valence-corrected chi connectivity index (χ2v) is 6.05. The Morgan fingerprint density at radius 1 is 0.923 bits per heavy atom. The zero-order chi connectivity index (χ0) is 18.6.